The second-order valence-electron chi connectivity index (χ2n) is 8.41. The number of hydrogen-bond donors (Lipinski definition) is 1. The third kappa shape index (κ3) is 4.33. The van der Waals surface area contributed by atoms with Gasteiger partial charge in [0.25, 0.3) is 5.56 Å². The molecule has 0 saturated carbocycles. The number of aromatic nitrogens is 4. The van der Waals surface area contributed by atoms with Gasteiger partial charge in [0.15, 0.2) is 5.16 Å². The number of para-hydroxylation sites is 1. The van der Waals surface area contributed by atoms with Gasteiger partial charge in [0.05, 0.1) is 29.0 Å². The Morgan fingerprint density at radius 1 is 1.06 bits per heavy atom. The largest absolute Gasteiger partial charge is 0.495 e. The van der Waals surface area contributed by atoms with Crippen molar-refractivity contribution in [3.8, 4) is 11.4 Å². The summed E-state index contributed by atoms with van der Waals surface area (Å²) in [7, 11) is 1.57. The minimum absolute atomic E-state index is 0.112. The van der Waals surface area contributed by atoms with Gasteiger partial charge >= 0.3 is 0 Å². The first-order valence-corrected chi connectivity index (χ1v) is 12.4. The number of aryl methyl sites for hydroxylation is 1. The van der Waals surface area contributed by atoms with Crippen LogP contribution in [0.1, 0.15) is 18.1 Å². The summed E-state index contributed by atoms with van der Waals surface area (Å²) in [6.07, 6.45) is 0. The van der Waals surface area contributed by atoms with Crippen LogP contribution in [-0.4, -0.2) is 37.4 Å². The zero-order valence-electron chi connectivity index (χ0n) is 20.1. The van der Waals surface area contributed by atoms with E-state index in [1.165, 1.54) is 16.3 Å². The molecule has 5 aromatic rings. The Morgan fingerprint density at radius 3 is 2.58 bits per heavy atom. The number of benzene rings is 3. The molecule has 1 unspecified atom stereocenters. The van der Waals surface area contributed by atoms with E-state index in [1.807, 2.05) is 85.0 Å². The third-order valence-electron chi connectivity index (χ3n) is 5.93. The number of hydrogen-bond acceptors (Lipinski definition) is 6. The number of carbonyl (C=O) groups is 1. The Balaban J connectivity index is 1.58. The van der Waals surface area contributed by atoms with Crippen molar-refractivity contribution >= 4 is 34.3 Å². The van der Waals surface area contributed by atoms with Gasteiger partial charge in [-0.1, -0.05) is 60.3 Å². The number of thioether (sulfide) groups is 1. The molecule has 0 saturated heterocycles. The molecule has 1 N–H and O–H groups in total. The van der Waals surface area contributed by atoms with E-state index in [2.05, 4.69) is 15.5 Å². The number of nitrogens with zero attached hydrogens (tertiary/aromatic N) is 4. The number of carbonyl (C=O) groups excluding carboxylic acids is 1. The first-order chi connectivity index (χ1) is 17.5. The van der Waals surface area contributed by atoms with Gasteiger partial charge in [-0.3, -0.25) is 14.0 Å². The highest BCUT2D eigenvalue weighted by molar-refractivity contribution is 8.00. The van der Waals surface area contributed by atoms with Gasteiger partial charge in [-0.25, -0.2) is 4.57 Å². The quantitative estimate of drug-likeness (QED) is 0.339. The summed E-state index contributed by atoms with van der Waals surface area (Å²) in [6.45, 7) is 4.22. The fourth-order valence-corrected chi connectivity index (χ4v) is 4.97. The van der Waals surface area contributed by atoms with Crippen LogP contribution in [0.2, 0.25) is 0 Å². The summed E-state index contributed by atoms with van der Waals surface area (Å²) in [5.41, 5.74) is 3.03. The van der Waals surface area contributed by atoms with Crippen LogP contribution in [0.5, 0.6) is 5.75 Å². The molecule has 1 amide bonds. The number of ether oxygens (including phenoxy) is 1. The lowest BCUT2D eigenvalue weighted by Crippen LogP contribution is -2.30. The van der Waals surface area contributed by atoms with Crippen LogP contribution < -0.4 is 15.6 Å². The molecule has 1 atom stereocenters. The van der Waals surface area contributed by atoms with Crippen LogP contribution in [0.4, 0.5) is 0 Å². The van der Waals surface area contributed by atoms with Crippen molar-refractivity contribution in [3.05, 3.63) is 94.3 Å². The van der Waals surface area contributed by atoms with Crippen molar-refractivity contribution < 1.29 is 9.53 Å². The zero-order valence-corrected chi connectivity index (χ0v) is 21.0. The second kappa shape index (κ2) is 9.87. The molecule has 0 aliphatic carbocycles. The average Bonchev–Trinajstić information content (AvgIpc) is 3.31. The summed E-state index contributed by atoms with van der Waals surface area (Å²) in [6, 6.07) is 22.7. The molecule has 9 heteroatoms. The summed E-state index contributed by atoms with van der Waals surface area (Å²) in [4.78, 5) is 26.5. The van der Waals surface area contributed by atoms with Crippen molar-refractivity contribution in [3.63, 3.8) is 0 Å². The molecule has 5 rings (SSSR count). The Morgan fingerprint density at radius 2 is 1.81 bits per heavy atom. The maximum Gasteiger partial charge on any atom is 0.267 e. The minimum atomic E-state index is -0.436. The highest BCUT2D eigenvalue weighted by Crippen LogP contribution is 2.29. The van der Waals surface area contributed by atoms with E-state index in [0.29, 0.717) is 39.8 Å². The van der Waals surface area contributed by atoms with Crippen molar-refractivity contribution in [2.45, 2.75) is 30.8 Å². The topological polar surface area (TPSA) is 90.5 Å². The van der Waals surface area contributed by atoms with E-state index in [-0.39, 0.29) is 11.5 Å². The fourth-order valence-electron chi connectivity index (χ4n) is 4.09. The van der Waals surface area contributed by atoms with E-state index >= 15 is 0 Å². The van der Waals surface area contributed by atoms with E-state index in [0.717, 1.165) is 11.1 Å². The summed E-state index contributed by atoms with van der Waals surface area (Å²) < 4.78 is 8.90. The van der Waals surface area contributed by atoms with Crippen molar-refractivity contribution in [2.24, 2.45) is 0 Å². The van der Waals surface area contributed by atoms with Gasteiger partial charge in [0, 0.05) is 6.54 Å². The molecular weight excluding hydrogens is 474 g/mol. The molecule has 0 bridgehead atoms. The van der Waals surface area contributed by atoms with E-state index in [9.17, 15) is 9.59 Å². The maximum atomic E-state index is 13.6. The maximum absolute atomic E-state index is 13.6. The molecule has 0 radical (unpaired) electrons. The summed E-state index contributed by atoms with van der Waals surface area (Å²) >= 11 is 1.29. The standard InChI is InChI=1S/C27H25N5O3S/c1-17-13-14-23(35-3)22(15-17)31-25(34)20-11-7-8-12-21(20)32-26(31)29-30-27(32)36-18(2)24(33)28-16-19-9-5-4-6-10-19/h4-15,18H,16H2,1-3H3,(H,28,33). The molecule has 0 aliphatic rings. The van der Waals surface area contributed by atoms with Gasteiger partial charge in [-0.15, -0.1) is 10.2 Å². The van der Waals surface area contributed by atoms with Crippen molar-refractivity contribution in [2.75, 3.05) is 7.11 Å². The fraction of sp³-hybridized carbons (Fsp3) is 0.185. The first kappa shape index (κ1) is 23.6. The highest BCUT2D eigenvalue weighted by atomic mass is 32.2. The van der Waals surface area contributed by atoms with Crippen LogP contribution in [0, 0.1) is 6.92 Å². The lowest BCUT2D eigenvalue weighted by molar-refractivity contribution is -0.120. The Kier molecular flexibility index (Phi) is 6.47. The van der Waals surface area contributed by atoms with Crippen LogP contribution in [0.15, 0.2) is 82.7 Å². The Labute approximate surface area is 211 Å². The lowest BCUT2D eigenvalue weighted by Gasteiger charge is -2.15. The van der Waals surface area contributed by atoms with Gasteiger partial charge in [0.2, 0.25) is 11.7 Å². The van der Waals surface area contributed by atoms with Crippen molar-refractivity contribution in [1.29, 1.82) is 0 Å². The highest BCUT2D eigenvalue weighted by Gasteiger charge is 2.23. The number of fused-ring (bicyclic) bond motifs is 3. The molecule has 0 aliphatic heterocycles. The van der Waals surface area contributed by atoms with Gasteiger partial charge in [-0.05, 0) is 49.2 Å². The van der Waals surface area contributed by atoms with Crippen LogP contribution in [-0.2, 0) is 11.3 Å². The zero-order chi connectivity index (χ0) is 25.2. The van der Waals surface area contributed by atoms with E-state index < -0.39 is 5.25 Å². The van der Waals surface area contributed by atoms with Gasteiger partial charge in [-0.2, -0.15) is 0 Å². The molecule has 2 heterocycles. The first-order valence-electron chi connectivity index (χ1n) is 11.5. The molecule has 0 fully saturated rings. The van der Waals surface area contributed by atoms with Crippen LogP contribution in [0.25, 0.3) is 22.4 Å². The molecular formula is C27H25N5O3S. The normalized spacial score (nSPS) is 12.1. The predicted molar refractivity (Wildman–Crippen MR) is 141 cm³/mol. The average molecular weight is 500 g/mol. The molecule has 182 valence electrons. The summed E-state index contributed by atoms with van der Waals surface area (Å²) in [5, 5.41) is 12.3. The lowest BCUT2D eigenvalue weighted by atomic mass is 10.2. The predicted octanol–water partition coefficient (Wildman–Crippen LogP) is 4.15. The number of amides is 1. The second-order valence-corrected chi connectivity index (χ2v) is 9.72. The van der Waals surface area contributed by atoms with Crippen LogP contribution in [0.3, 0.4) is 0 Å². The molecule has 0 spiro atoms. The molecule has 36 heavy (non-hydrogen) atoms. The SMILES string of the molecule is COc1ccc(C)cc1-n1c(=O)c2ccccc2n2c(SC(C)C(=O)NCc3ccccc3)nnc12. The van der Waals surface area contributed by atoms with Crippen LogP contribution >= 0.6 is 11.8 Å². The number of methoxy groups -OCH3 is 1. The number of rotatable bonds is 7. The van der Waals surface area contributed by atoms with E-state index in [4.69, 9.17) is 4.74 Å². The van der Waals surface area contributed by atoms with Crippen molar-refractivity contribution in [1.82, 2.24) is 24.5 Å². The molecule has 3 aromatic carbocycles. The van der Waals surface area contributed by atoms with Gasteiger partial charge < -0.3 is 10.1 Å². The third-order valence-corrected chi connectivity index (χ3v) is 6.97. The Hall–Kier alpha value is -4.11. The molecule has 2 aromatic heterocycles. The minimum Gasteiger partial charge on any atom is -0.495 e. The molecule has 8 nitrogen and oxygen atoms in total. The Bertz CT molecular complexity index is 1630. The summed E-state index contributed by atoms with van der Waals surface area (Å²) in [5.74, 6) is 0.784. The van der Waals surface area contributed by atoms with Gasteiger partial charge in [0.1, 0.15) is 5.75 Å². The number of nitrogens with one attached hydrogen (secondary N) is 1. The monoisotopic (exact) mass is 499 g/mol. The smallest absolute Gasteiger partial charge is 0.267 e. The van der Waals surface area contributed by atoms with E-state index in [1.54, 1.807) is 13.2 Å².